The number of hydrogen-bond acceptors (Lipinski definition) is 4. The summed E-state index contributed by atoms with van der Waals surface area (Å²) in [5.41, 5.74) is 1.45. The van der Waals surface area contributed by atoms with E-state index >= 15 is 0 Å². The van der Waals surface area contributed by atoms with Gasteiger partial charge in [0, 0.05) is 31.9 Å². The van der Waals surface area contributed by atoms with Gasteiger partial charge in [-0.25, -0.2) is 0 Å². The topological polar surface area (TPSA) is 30.3 Å². The van der Waals surface area contributed by atoms with Crippen molar-refractivity contribution in [1.29, 1.82) is 5.26 Å². The van der Waals surface area contributed by atoms with Crippen LogP contribution in [0.15, 0.2) is 60.7 Å². The van der Waals surface area contributed by atoms with Crippen molar-refractivity contribution in [1.82, 2.24) is 9.80 Å². The standard InChI is InChI=1S/C27H35N3S2/c1-2-3-4-11-17-29-18-20-30(21-19-29)26(31)32-22-16-27(23-28,24-12-7-5-8-13-24)25-14-9-6-10-15-25/h5-10,12-15H,2-4,11,16-22H2,1H3. The van der Waals surface area contributed by atoms with Gasteiger partial charge in [0.2, 0.25) is 0 Å². The predicted molar refractivity (Wildman–Crippen MR) is 141 cm³/mol. The summed E-state index contributed by atoms with van der Waals surface area (Å²) >= 11 is 7.51. The summed E-state index contributed by atoms with van der Waals surface area (Å²) in [5, 5.41) is 10.3. The largest absolute Gasteiger partial charge is 0.355 e. The third-order valence-electron chi connectivity index (χ3n) is 6.39. The molecule has 32 heavy (non-hydrogen) atoms. The van der Waals surface area contributed by atoms with E-state index < -0.39 is 5.41 Å². The molecule has 5 heteroatoms. The Morgan fingerprint density at radius 2 is 1.53 bits per heavy atom. The molecule has 0 amide bonds. The van der Waals surface area contributed by atoms with Crippen LogP contribution in [0.3, 0.4) is 0 Å². The molecule has 0 saturated carbocycles. The van der Waals surface area contributed by atoms with Crippen LogP contribution in [-0.2, 0) is 5.41 Å². The molecule has 1 aliphatic rings. The van der Waals surface area contributed by atoms with Gasteiger partial charge < -0.3 is 4.90 Å². The first-order valence-corrected chi connectivity index (χ1v) is 13.3. The molecule has 3 nitrogen and oxygen atoms in total. The van der Waals surface area contributed by atoms with Crippen LogP contribution in [-0.4, -0.2) is 52.6 Å². The lowest BCUT2D eigenvalue weighted by molar-refractivity contribution is 0.182. The molecule has 0 aliphatic carbocycles. The van der Waals surface area contributed by atoms with Crippen LogP contribution in [0, 0.1) is 11.3 Å². The number of benzene rings is 2. The number of rotatable bonds is 10. The summed E-state index contributed by atoms with van der Waals surface area (Å²) < 4.78 is 0.976. The van der Waals surface area contributed by atoms with Gasteiger partial charge >= 0.3 is 0 Å². The Morgan fingerprint density at radius 3 is 2.06 bits per heavy atom. The number of nitriles is 1. The maximum Gasteiger partial charge on any atom is 0.136 e. The molecule has 0 unspecified atom stereocenters. The predicted octanol–water partition coefficient (Wildman–Crippen LogP) is 6.10. The quantitative estimate of drug-likeness (QED) is 0.312. The lowest BCUT2D eigenvalue weighted by Gasteiger charge is -2.36. The Hall–Kier alpha value is -1.87. The van der Waals surface area contributed by atoms with Gasteiger partial charge in [0.05, 0.1) is 6.07 Å². The third-order valence-corrected chi connectivity index (χ3v) is 7.91. The van der Waals surface area contributed by atoms with Gasteiger partial charge in [-0.05, 0) is 30.5 Å². The van der Waals surface area contributed by atoms with Gasteiger partial charge in [0.25, 0.3) is 0 Å². The monoisotopic (exact) mass is 465 g/mol. The maximum atomic E-state index is 10.3. The molecule has 2 aromatic rings. The highest BCUT2D eigenvalue weighted by Crippen LogP contribution is 2.36. The molecule has 3 rings (SSSR count). The molecule has 170 valence electrons. The van der Waals surface area contributed by atoms with E-state index in [4.69, 9.17) is 12.2 Å². The second-order valence-electron chi connectivity index (χ2n) is 8.50. The van der Waals surface area contributed by atoms with Crippen LogP contribution in [0.2, 0.25) is 0 Å². The number of piperazine rings is 1. The molecule has 1 fully saturated rings. The molecule has 1 aliphatic heterocycles. The van der Waals surface area contributed by atoms with Crippen molar-refractivity contribution in [3.63, 3.8) is 0 Å². The van der Waals surface area contributed by atoms with E-state index in [1.165, 1.54) is 32.2 Å². The highest BCUT2D eigenvalue weighted by Gasteiger charge is 2.34. The molecule has 2 aromatic carbocycles. The molecule has 0 aromatic heterocycles. The summed E-state index contributed by atoms with van der Waals surface area (Å²) in [6.07, 6.45) is 6.02. The number of thioether (sulfide) groups is 1. The summed E-state index contributed by atoms with van der Waals surface area (Å²) in [7, 11) is 0. The van der Waals surface area contributed by atoms with Gasteiger partial charge in [-0.2, -0.15) is 5.26 Å². The Balaban J connectivity index is 1.54. The number of unbranched alkanes of at least 4 members (excludes halogenated alkanes) is 3. The summed E-state index contributed by atoms with van der Waals surface area (Å²) in [6.45, 7) is 7.71. The fraction of sp³-hybridized carbons (Fsp3) is 0.481. The van der Waals surface area contributed by atoms with E-state index in [1.807, 2.05) is 36.4 Å². The highest BCUT2D eigenvalue weighted by molar-refractivity contribution is 8.22. The van der Waals surface area contributed by atoms with Crippen molar-refractivity contribution >= 4 is 28.3 Å². The Bertz CT molecular complexity index is 816. The van der Waals surface area contributed by atoms with Crippen LogP contribution in [0.25, 0.3) is 0 Å². The molecule has 0 radical (unpaired) electrons. The minimum Gasteiger partial charge on any atom is -0.355 e. The molecular weight excluding hydrogens is 430 g/mol. The van der Waals surface area contributed by atoms with E-state index in [0.29, 0.717) is 0 Å². The number of nitrogens with zero attached hydrogens (tertiary/aromatic N) is 3. The average Bonchev–Trinajstić information content (AvgIpc) is 2.86. The molecular formula is C27H35N3S2. The zero-order valence-electron chi connectivity index (χ0n) is 19.2. The van der Waals surface area contributed by atoms with Crippen LogP contribution in [0.5, 0.6) is 0 Å². The fourth-order valence-electron chi connectivity index (χ4n) is 4.38. The van der Waals surface area contributed by atoms with Crippen molar-refractivity contribution in [3.05, 3.63) is 71.8 Å². The molecule has 0 atom stereocenters. The van der Waals surface area contributed by atoms with Gasteiger partial charge in [0.15, 0.2) is 0 Å². The average molecular weight is 466 g/mol. The lowest BCUT2D eigenvalue weighted by Crippen LogP contribution is -2.47. The molecule has 0 spiro atoms. The Kier molecular flexibility index (Phi) is 10.1. The summed E-state index contributed by atoms with van der Waals surface area (Å²) in [5.74, 6) is 0.827. The van der Waals surface area contributed by atoms with Gasteiger partial charge in [0.1, 0.15) is 9.74 Å². The van der Waals surface area contributed by atoms with Crippen molar-refractivity contribution < 1.29 is 0 Å². The van der Waals surface area contributed by atoms with Gasteiger partial charge in [-0.3, -0.25) is 4.90 Å². The maximum absolute atomic E-state index is 10.3. The lowest BCUT2D eigenvalue weighted by atomic mass is 9.74. The molecule has 0 bridgehead atoms. The SMILES string of the molecule is CCCCCCN1CCN(C(=S)SCCC(C#N)(c2ccccc2)c2ccccc2)CC1. The van der Waals surface area contributed by atoms with Crippen molar-refractivity contribution in [2.45, 2.75) is 44.4 Å². The molecule has 1 heterocycles. The summed E-state index contributed by atoms with van der Waals surface area (Å²) in [4.78, 5) is 4.92. The van der Waals surface area contributed by atoms with Crippen LogP contribution in [0.4, 0.5) is 0 Å². The van der Waals surface area contributed by atoms with Crippen molar-refractivity contribution in [2.75, 3.05) is 38.5 Å². The smallest absolute Gasteiger partial charge is 0.136 e. The molecule has 1 saturated heterocycles. The number of hydrogen-bond donors (Lipinski definition) is 0. The minimum absolute atomic E-state index is 0.650. The second kappa shape index (κ2) is 13.0. The zero-order chi connectivity index (χ0) is 22.7. The van der Waals surface area contributed by atoms with E-state index in [1.54, 1.807) is 11.8 Å². The zero-order valence-corrected chi connectivity index (χ0v) is 20.8. The van der Waals surface area contributed by atoms with E-state index in [0.717, 1.165) is 53.8 Å². The first-order valence-electron chi connectivity index (χ1n) is 11.9. The molecule has 0 N–H and O–H groups in total. The Labute approximate surface area is 203 Å². The van der Waals surface area contributed by atoms with Crippen molar-refractivity contribution in [2.24, 2.45) is 0 Å². The highest BCUT2D eigenvalue weighted by atomic mass is 32.2. The number of thiocarbonyl (C=S) groups is 1. The first-order chi connectivity index (χ1) is 15.7. The minimum atomic E-state index is -0.650. The Morgan fingerprint density at radius 1 is 0.938 bits per heavy atom. The van der Waals surface area contributed by atoms with Crippen LogP contribution in [0.1, 0.15) is 50.2 Å². The van der Waals surface area contributed by atoms with E-state index in [9.17, 15) is 5.26 Å². The van der Waals surface area contributed by atoms with Crippen LogP contribution >= 0.6 is 24.0 Å². The van der Waals surface area contributed by atoms with Gasteiger partial charge in [-0.15, -0.1) is 0 Å². The first kappa shape index (κ1) is 24.8. The third kappa shape index (κ3) is 6.57. The second-order valence-corrected chi connectivity index (χ2v) is 10.2. The van der Waals surface area contributed by atoms with Gasteiger partial charge in [-0.1, -0.05) is 111 Å². The normalized spacial score (nSPS) is 14.8. The van der Waals surface area contributed by atoms with Crippen LogP contribution < -0.4 is 0 Å². The summed E-state index contributed by atoms with van der Waals surface area (Å²) in [6, 6.07) is 23.0. The fourth-order valence-corrected chi connectivity index (χ4v) is 5.77. The van der Waals surface area contributed by atoms with E-state index in [-0.39, 0.29) is 0 Å². The van der Waals surface area contributed by atoms with Crippen molar-refractivity contribution in [3.8, 4) is 6.07 Å². The van der Waals surface area contributed by atoms with E-state index in [2.05, 4.69) is 47.1 Å².